The minimum absolute atomic E-state index is 0.0406. The van der Waals surface area contributed by atoms with Gasteiger partial charge >= 0.3 is 0 Å². The molecule has 0 heterocycles. The third-order valence-electron chi connectivity index (χ3n) is 3.32. The first-order valence-electron chi connectivity index (χ1n) is 7.04. The van der Waals surface area contributed by atoms with Crippen LogP contribution in [0.1, 0.15) is 10.4 Å². The van der Waals surface area contributed by atoms with Gasteiger partial charge in [-0.05, 0) is 23.6 Å². The van der Waals surface area contributed by atoms with Crippen molar-refractivity contribution in [2.24, 2.45) is 5.84 Å². The predicted octanol–water partition coefficient (Wildman–Crippen LogP) is 3.52. The summed E-state index contributed by atoms with van der Waals surface area (Å²) in [6.45, 7) is 0. The van der Waals surface area contributed by atoms with E-state index in [1.807, 2.05) is 18.2 Å². The van der Waals surface area contributed by atoms with Crippen molar-refractivity contribution in [3.05, 3.63) is 71.2 Å². The Kier molecular flexibility index (Phi) is 6.11. The monoisotopic (exact) mass is 378 g/mol. The van der Waals surface area contributed by atoms with Crippen molar-refractivity contribution in [2.75, 3.05) is 5.43 Å². The summed E-state index contributed by atoms with van der Waals surface area (Å²) in [6.07, 6.45) is 0.412. The molecule has 0 unspecified atom stereocenters. The number of hydrogen-bond donors (Lipinski definition) is 3. The van der Waals surface area contributed by atoms with Gasteiger partial charge in [0, 0.05) is 10.9 Å². The van der Waals surface area contributed by atoms with E-state index in [0.717, 1.165) is 5.69 Å². The summed E-state index contributed by atoms with van der Waals surface area (Å²) in [7, 11) is -4.40. The van der Waals surface area contributed by atoms with Crippen LogP contribution in [-0.4, -0.2) is 19.3 Å². The third-order valence-corrected chi connectivity index (χ3v) is 4.63. The van der Waals surface area contributed by atoms with Gasteiger partial charge < -0.3 is 5.43 Å². The van der Waals surface area contributed by atoms with Crippen LogP contribution in [0.25, 0.3) is 10.8 Å². The van der Waals surface area contributed by atoms with Gasteiger partial charge in [-0.25, -0.2) is 0 Å². The fourth-order valence-corrected chi connectivity index (χ4v) is 3.29. The van der Waals surface area contributed by atoms with E-state index >= 15 is 0 Å². The van der Waals surface area contributed by atoms with Gasteiger partial charge in [0.15, 0.2) is 6.29 Å². The van der Waals surface area contributed by atoms with Crippen LogP contribution in [0.4, 0.5) is 5.69 Å². The average Bonchev–Trinajstić information content (AvgIpc) is 2.60. The number of hydrogen-bond acceptors (Lipinski definition) is 5. The third kappa shape index (κ3) is 4.55. The number of rotatable bonds is 3. The molecular formula is C17H15ClN2O4S. The summed E-state index contributed by atoms with van der Waals surface area (Å²) in [5.74, 6) is 5.12. The number of carbonyl (C=O) groups is 1. The molecule has 0 aliphatic carbocycles. The van der Waals surface area contributed by atoms with Gasteiger partial charge in [-0.15, -0.1) is 0 Å². The second-order valence-electron chi connectivity index (χ2n) is 4.92. The minimum atomic E-state index is -4.40. The van der Waals surface area contributed by atoms with Gasteiger partial charge in [0.1, 0.15) is 4.90 Å². The number of nitrogens with two attached hydrogens (primary N) is 1. The van der Waals surface area contributed by atoms with E-state index in [0.29, 0.717) is 22.1 Å². The molecule has 8 heteroatoms. The van der Waals surface area contributed by atoms with E-state index in [1.165, 1.54) is 6.07 Å². The molecule has 3 rings (SSSR count). The standard InChI is InChI=1S/C11H8O4S.C6H7ClN2/c12-7-9-6-5-8-3-1-2-4-10(8)11(9)16(13,14)15;7-5-3-1-2-4-6(5)9-8/h1-7H,(H,13,14,15);1-4,9H,8H2. The molecule has 3 aromatic carbocycles. The Hall–Kier alpha value is -2.45. The molecule has 0 aliphatic rings. The fourth-order valence-electron chi connectivity index (χ4n) is 2.22. The van der Waals surface area contributed by atoms with Crippen molar-refractivity contribution in [2.45, 2.75) is 4.90 Å². The van der Waals surface area contributed by atoms with Crippen LogP contribution in [-0.2, 0) is 10.1 Å². The molecule has 0 saturated carbocycles. The molecule has 130 valence electrons. The van der Waals surface area contributed by atoms with Gasteiger partial charge in [0.05, 0.1) is 10.7 Å². The van der Waals surface area contributed by atoms with Gasteiger partial charge in [0.25, 0.3) is 10.1 Å². The SMILES string of the molecule is NNc1ccccc1Cl.O=Cc1ccc2ccccc2c1S(=O)(=O)O. The molecule has 0 radical (unpaired) electrons. The van der Waals surface area contributed by atoms with E-state index in [2.05, 4.69) is 5.43 Å². The molecule has 6 nitrogen and oxygen atoms in total. The van der Waals surface area contributed by atoms with Crippen molar-refractivity contribution in [1.29, 1.82) is 0 Å². The molecule has 4 N–H and O–H groups in total. The molecule has 0 saturated heterocycles. The smallest absolute Gasteiger partial charge is 0.295 e. The Morgan fingerprint density at radius 3 is 2.20 bits per heavy atom. The highest BCUT2D eigenvalue weighted by Crippen LogP contribution is 2.25. The summed E-state index contributed by atoms with van der Waals surface area (Å²) >= 11 is 5.68. The molecule has 0 aliphatic heterocycles. The maximum Gasteiger partial charge on any atom is 0.295 e. The van der Waals surface area contributed by atoms with Gasteiger partial charge in [-0.1, -0.05) is 54.1 Å². The Morgan fingerprint density at radius 1 is 1.00 bits per heavy atom. The molecule has 0 atom stereocenters. The Bertz CT molecular complexity index is 1010. The molecule has 0 fully saturated rings. The fraction of sp³-hybridized carbons (Fsp3) is 0. The number of nitrogen functional groups attached to an aromatic ring is 1. The van der Waals surface area contributed by atoms with Crippen molar-refractivity contribution >= 4 is 44.5 Å². The summed E-state index contributed by atoms with van der Waals surface area (Å²) in [5.41, 5.74) is 3.17. The largest absolute Gasteiger partial charge is 0.323 e. The van der Waals surface area contributed by atoms with Crippen molar-refractivity contribution < 1.29 is 17.8 Å². The first-order chi connectivity index (χ1) is 11.9. The van der Waals surface area contributed by atoms with Crippen LogP contribution in [0.15, 0.2) is 65.6 Å². The van der Waals surface area contributed by atoms with E-state index in [9.17, 15) is 13.2 Å². The molecule has 0 amide bonds. The van der Waals surface area contributed by atoms with Crippen molar-refractivity contribution in [1.82, 2.24) is 0 Å². The van der Waals surface area contributed by atoms with Gasteiger partial charge in [-0.2, -0.15) is 8.42 Å². The highest BCUT2D eigenvalue weighted by atomic mass is 35.5. The van der Waals surface area contributed by atoms with Gasteiger partial charge in [0.2, 0.25) is 0 Å². The average molecular weight is 379 g/mol. The van der Waals surface area contributed by atoms with E-state index in [4.69, 9.17) is 22.0 Å². The quantitative estimate of drug-likeness (QED) is 0.278. The molecule has 0 aromatic heterocycles. The number of anilines is 1. The lowest BCUT2D eigenvalue weighted by atomic mass is 10.1. The normalized spacial score (nSPS) is 10.7. The number of nitrogens with one attached hydrogen (secondary N) is 1. The molecule has 3 aromatic rings. The number of para-hydroxylation sites is 1. The van der Waals surface area contributed by atoms with Crippen LogP contribution in [0.5, 0.6) is 0 Å². The highest BCUT2D eigenvalue weighted by Gasteiger charge is 2.18. The molecule has 0 spiro atoms. The Labute approximate surface area is 149 Å². The first-order valence-corrected chi connectivity index (χ1v) is 8.86. The number of halogens is 1. The topological polar surface area (TPSA) is 109 Å². The lowest BCUT2D eigenvalue weighted by Gasteiger charge is -2.05. The zero-order valence-corrected chi connectivity index (χ0v) is 14.5. The van der Waals surface area contributed by atoms with Crippen LogP contribution in [0.2, 0.25) is 5.02 Å². The Balaban J connectivity index is 0.000000212. The van der Waals surface area contributed by atoms with Crippen molar-refractivity contribution in [3.63, 3.8) is 0 Å². The number of aldehydes is 1. The van der Waals surface area contributed by atoms with E-state index in [-0.39, 0.29) is 10.5 Å². The maximum absolute atomic E-state index is 11.2. The lowest BCUT2D eigenvalue weighted by Crippen LogP contribution is -2.06. The number of carbonyl (C=O) groups excluding carboxylic acids is 1. The Morgan fingerprint density at radius 2 is 1.64 bits per heavy atom. The van der Waals surface area contributed by atoms with E-state index in [1.54, 1.807) is 36.4 Å². The van der Waals surface area contributed by atoms with Crippen LogP contribution in [0.3, 0.4) is 0 Å². The first kappa shape index (κ1) is 18.9. The lowest BCUT2D eigenvalue weighted by molar-refractivity contribution is 0.112. The number of fused-ring (bicyclic) bond motifs is 1. The van der Waals surface area contributed by atoms with Crippen LogP contribution in [0, 0.1) is 0 Å². The highest BCUT2D eigenvalue weighted by molar-refractivity contribution is 7.86. The molecular weight excluding hydrogens is 364 g/mol. The molecule has 25 heavy (non-hydrogen) atoms. The summed E-state index contributed by atoms with van der Waals surface area (Å²) < 4.78 is 31.6. The van der Waals surface area contributed by atoms with E-state index < -0.39 is 10.1 Å². The maximum atomic E-state index is 11.2. The van der Waals surface area contributed by atoms with Crippen LogP contribution >= 0.6 is 11.6 Å². The second-order valence-corrected chi connectivity index (χ2v) is 6.69. The number of hydrazine groups is 1. The minimum Gasteiger partial charge on any atom is -0.323 e. The van der Waals surface area contributed by atoms with Crippen molar-refractivity contribution in [3.8, 4) is 0 Å². The number of benzene rings is 3. The van der Waals surface area contributed by atoms with Gasteiger partial charge in [-0.3, -0.25) is 15.2 Å². The summed E-state index contributed by atoms with van der Waals surface area (Å²) in [4.78, 5) is 10.4. The summed E-state index contributed by atoms with van der Waals surface area (Å²) in [5, 5.41) is 1.63. The predicted molar refractivity (Wildman–Crippen MR) is 98.4 cm³/mol. The molecule has 0 bridgehead atoms. The zero-order valence-electron chi connectivity index (χ0n) is 12.9. The second kappa shape index (κ2) is 8.09. The zero-order chi connectivity index (χ0) is 18.4. The van der Waals surface area contributed by atoms with Crippen LogP contribution < -0.4 is 11.3 Å². The summed E-state index contributed by atoms with van der Waals surface area (Å²) in [6, 6.07) is 16.9.